The minimum atomic E-state index is 0.268. The van der Waals surface area contributed by atoms with Gasteiger partial charge in [0.2, 0.25) is 0 Å². The maximum atomic E-state index is 9.20. The van der Waals surface area contributed by atoms with Gasteiger partial charge in [-0.3, -0.25) is 4.90 Å². The highest BCUT2D eigenvalue weighted by molar-refractivity contribution is 5.26. The quantitative estimate of drug-likeness (QED) is 0.845. The Kier molecular flexibility index (Phi) is 4.40. The van der Waals surface area contributed by atoms with Gasteiger partial charge in [-0.25, -0.2) is 0 Å². The topological polar surface area (TPSA) is 32.7 Å². The normalized spacial score (nSPS) is 20.7. The monoisotopic (exact) mass is 235 g/mol. The largest absolute Gasteiger partial charge is 0.492 e. The molecular formula is C14H21NO2. The van der Waals surface area contributed by atoms with Crippen LogP contribution < -0.4 is 4.74 Å². The van der Waals surface area contributed by atoms with Crippen molar-refractivity contribution in [1.29, 1.82) is 0 Å². The molecule has 1 fully saturated rings. The Morgan fingerprint density at radius 1 is 1.35 bits per heavy atom. The smallest absolute Gasteiger partial charge is 0.119 e. The second kappa shape index (κ2) is 6.03. The Bertz CT molecular complexity index is 337. The fraction of sp³-hybridized carbons (Fsp3) is 0.571. The molecule has 1 aliphatic rings. The van der Waals surface area contributed by atoms with Crippen molar-refractivity contribution in [3.8, 4) is 5.75 Å². The minimum Gasteiger partial charge on any atom is -0.492 e. The molecule has 3 heteroatoms. The first-order chi connectivity index (χ1) is 8.29. The van der Waals surface area contributed by atoms with Crippen molar-refractivity contribution >= 4 is 0 Å². The number of benzene rings is 1. The van der Waals surface area contributed by atoms with Crippen LogP contribution in [0.1, 0.15) is 18.4 Å². The van der Waals surface area contributed by atoms with Crippen molar-refractivity contribution in [1.82, 2.24) is 4.90 Å². The molecule has 1 aliphatic heterocycles. The average molecular weight is 235 g/mol. The molecular weight excluding hydrogens is 214 g/mol. The van der Waals surface area contributed by atoms with Crippen molar-refractivity contribution in [3.63, 3.8) is 0 Å². The molecule has 17 heavy (non-hydrogen) atoms. The molecule has 1 N–H and O–H groups in total. The van der Waals surface area contributed by atoms with Crippen molar-refractivity contribution in [3.05, 3.63) is 29.8 Å². The van der Waals surface area contributed by atoms with E-state index in [0.29, 0.717) is 12.6 Å². The molecule has 1 saturated heterocycles. The van der Waals surface area contributed by atoms with Crippen LogP contribution in [0.5, 0.6) is 5.75 Å². The van der Waals surface area contributed by atoms with Crippen molar-refractivity contribution < 1.29 is 9.84 Å². The van der Waals surface area contributed by atoms with Gasteiger partial charge in [-0.1, -0.05) is 17.7 Å². The molecule has 0 spiro atoms. The Morgan fingerprint density at radius 2 is 2.12 bits per heavy atom. The van der Waals surface area contributed by atoms with Crippen LogP contribution in [-0.2, 0) is 0 Å². The third-order valence-electron chi connectivity index (χ3n) is 3.38. The molecule has 0 bridgehead atoms. The van der Waals surface area contributed by atoms with Crippen molar-refractivity contribution in [2.45, 2.75) is 25.8 Å². The first-order valence-corrected chi connectivity index (χ1v) is 6.34. The molecule has 1 heterocycles. The lowest BCUT2D eigenvalue weighted by molar-refractivity contribution is 0.139. The van der Waals surface area contributed by atoms with Crippen molar-refractivity contribution in [2.24, 2.45) is 0 Å². The Labute approximate surface area is 103 Å². The van der Waals surface area contributed by atoms with Crippen LogP contribution in [0, 0.1) is 6.92 Å². The lowest BCUT2D eigenvalue weighted by Crippen LogP contribution is -2.35. The predicted octanol–water partition coefficient (Wildman–Crippen LogP) is 1.83. The van der Waals surface area contributed by atoms with Gasteiger partial charge in [-0.05, 0) is 38.4 Å². The summed E-state index contributed by atoms with van der Waals surface area (Å²) in [6.45, 7) is 5.02. The van der Waals surface area contributed by atoms with Gasteiger partial charge < -0.3 is 9.84 Å². The summed E-state index contributed by atoms with van der Waals surface area (Å²) in [5.41, 5.74) is 1.25. The standard InChI is InChI=1S/C14H21NO2/c1-12-4-6-14(7-5-12)17-10-9-15-8-2-3-13(15)11-16/h4-7,13,16H,2-3,8-11H2,1H3. The first-order valence-electron chi connectivity index (χ1n) is 6.34. The van der Waals surface area contributed by atoms with E-state index in [9.17, 15) is 5.11 Å². The summed E-state index contributed by atoms with van der Waals surface area (Å²) in [6.07, 6.45) is 2.30. The molecule has 1 aromatic carbocycles. The number of nitrogens with zero attached hydrogens (tertiary/aromatic N) is 1. The van der Waals surface area contributed by atoms with Gasteiger partial charge >= 0.3 is 0 Å². The maximum absolute atomic E-state index is 9.20. The number of aryl methyl sites for hydroxylation is 1. The third-order valence-corrected chi connectivity index (χ3v) is 3.38. The molecule has 0 saturated carbocycles. The zero-order chi connectivity index (χ0) is 12.1. The molecule has 1 aromatic rings. The van der Waals surface area contributed by atoms with E-state index >= 15 is 0 Å². The second-order valence-electron chi connectivity index (χ2n) is 4.68. The molecule has 3 nitrogen and oxygen atoms in total. The van der Waals surface area contributed by atoms with Gasteiger partial charge in [0, 0.05) is 12.6 Å². The molecule has 94 valence electrons. The predicted molar refractivity (Wildman–Crippen MR) is 68.4 cm³/mol. The van der Waals surface area contributed by atoms with Crippen LogP contribution in [0.3, 0.4) is 0 Å². The van der Waals surface area contributed by atoms with E-state index in [1.54, 1.807) is 0 Å². The third kappa shape index (κ3) is 3.45. The molecule has 1 atom stereocenters. The lowest BCUT2D eigenvalue weighted by Gasteiger charge is -2.22. The number of hydrogen-bond acceptors (Lipinski definition) is 3. The Balaban J connectivity index is 1.74. The van der Waals surface area contributed by atoms with Crippen LogP contribution >= 0.6 is 0 Å². The molecule has 1 unspecified atom stereocenters. The van der Waals surface area contributed by atoms with Gasteiger partial charge in [0.15, 0.2) is 0 Å². The van der Waals surface area contributed by atoms with E-state index in [1.807, 2.05) is 12.1 Å². The molecule has 0 amide bonds. The van der Waals surface area contributed by atoms with E-state index in [1.165, 1.54) is 12.0 Å². The molecule has 0 aromatic heterocycles. The SMILES string of the molecule is Cc1ccc(OCCN2CCCC2CO)cc1. The van der Waals surface area contributed by atoms with Crippen LogP contribution in [-0.4, -0.2) is 42.4 Å². The lowest BCUT2D eigenvalue weighted by atomic mass is 10.2. The Hall–Kier alpha value is -1.06. The van der Waals surface area contributed by atoms with Crippen LogP contribution in [0.25, 0.3) is 0 Å². The zero-order valence-electron chi connectivity index (χ0n) is 10.4. The molecule has 2 rings (SSSR count). The summed E-state index contributed by atoms with van der Waals surface area (Å²) in [4.78, 5) is 2.31. The average Bonchev–Trinajstić information content (AvgIpc) is 2.79. The summed E-state index contributed by atoms with van der Waals surface area (Å²) in [6, 6.07) is 8.46. The second-order valence-corrected chi connectivity index (χ2v) is 4.68. The summed E-state index contributed by atoms with van der Waals surface area (Å²) in [5.74, 6) is 0.926. The van der Waals surface area contributed by atoms with Gasteiger partial charge in [0.25, 0.3) is 0 Å². The number of hydrogen-bond donors (Lipinski definition) is 1. The summed E-state index contributed by atoms with van der Waals surface area (Å²) < 4.78 is 5.69. The molecule has 0 aliphatic carbocycles. The van der Waals surface area contributed by atoms with E-state index in [-0.39, 0.29) is 6.61 Å². The number of aliphatic hydroxyl groups excluding tert-OH is 1. The van der Waals surface area contributed by atoms with Gasteiger partial charge in [0.05, 0.1) is 6.61 Å². The number of ether oxygens (including phenoxy) is 1. The van der Waals surface area contributed by atoms with Gasteiger partial charge in [0.1, 0.15) is 12.4 Å². The number of rotatable bonds is 5. The summed E-state index contributed by atoms with van der Waals surface area (Å²) in [7, 11) is 0. The van der Waals surface area contributed by atoms with E-state index in [2.05, 4.69) is 24.0 Å². The van der Waals surface area contributed by atoms with Crippen LogP contribution in [0.2, 0.25) is 0 Å². The van der Waals surface area contributed by atoms with E-state index < -0.39 is 0 Å². The summed E-state index contributed by atoms with van der Waals surface area (Å²) >= 11 is 0. The highest BCUT2D eigenvalue weighted by atomic mass is 16.5. The molecule has 0 radical (unpaired) electrons. The first kappa shape index (κ1) is 12.4. The zero-order valence-corrected chi connectivity index (χ0v) is 10.4. The summed E-state index contributed by atoms with van der Waals surface area (Å²) in [5, 5.41) is 9.20. The van der Waals surface area contributed by atoms with E-state index in [0.717, 1.165) is 25.3 Å². The van der Waals surface area contributed by atoms with Crippen LogP contribution in [0.4, 0.5) is 0 Å². The highest BCUT2D eigenvalue weighted by Gasteiger charge is 2.22. The number of likely N-dealkylation sites (tertiary alicyclic amines) is 1. The number of aliphatic hydroxyl groups is 1. The van der Waals surface area contributed by atoms with Gasteiger partial charge in [-0.15, -0.1) is 0 Å². The highest BCUT2D eigenvalue weighted by Crippen LogP contribution is 2.16. The maximum Gasteiger partial charge on any atom is 0.119 e. The Morgan fingerprint density at radius 3 is 2.82 bits per heavy atom. The van der Waals surface area contributed by atoms with E-state index in [4.69, 9.17) is 4.74 Å². The van der Waals surface area contributed by atoms with Gasteiger partial charge in [-0.2, -0.15) is 0 Å². The fourth-order valence-electron chi connectivity index (χ4n) is 2.31. The minimum absolute atomic E-state index is 0.268. The fourth-order valence-corrected chi connectivity index (χ4v) is 2.31. The van der Waals surface area contributed by atoms with Crippen molar-refractivity contribution in [2.75, 3.05) is 26.3 Å². The van der Waals surface area contributed by atoms with Crippen LogP contribution in [0.15, 0.2) is 24.3 Å².